The minimum atomic E-state index is -2.87. The number of thiophene rings is 1. The third kappa shape index (κ3) is 3.99. The molecule has 144 valence electrons. The summed E-state index contributed by atoms with van der Waals surface area (Å²) in [5.74, 6) is 0.0115. The predicted molar refractivity (Wildman–Crippen MR) is 100 cm³/mol. The van der Waals surface area contributed by atoms with E-state index in [4.69, 9.17) is 0 Å². The molecule has 27 heavy (non-hydrogen) atoms. The normalized spacial score (nSPS) is 20.6. The zero-order chi connectivity index (χ0) is 18.9. The third-order valence-electron chi connectivity index (χ3n) is 5.64. The Balaban J connectivity index is 1.53. The number of hydrogen-bond donors (Lipinski definition) is 1. The van der Waals surface area contributed by atoms with Crippen molar-refractivity contribution >= 4 is 17.2 Å². The number of benzene rings is 1. The van der Waals surface area contributed by atoms with E-state index >= 15 is 0 Å². The van der Waals surface area contributed by atoms with Gasteiger partial charge in [-0.25, -0.2) is 0 Å². The van der Waals surface area contributed by atoms with Crippen molar-refractivity contribution in [3.05, 3.63) is 52.2 Å². The maximum absolute atomic E-state index is 13.2. The van der Waals surface area contributed by atoms with Gasteiger partial charge in [0.1, 0.15) is 5.75 Å². The lowest BCUT2D eigenvalue weighted by molar-refractivity contribution is -0.0498. The molecule has 1 aromatic carbocycles. The molecule has 1 atom stereocenters. The van der Waals surface area contributed by atoms with Crippen LogP contribution in [0.2, 0.25) is 0 Å². The van der Waals surface area contributed by atoms with Gasteiger partial charge in [0.15, 0.2) is 0 Å². The Morgan fingerprint density at radius 1 is 1.26 bits per heavy atom. The third-order valence-corrected chi connectivity index (χ3v) is 6.37. The molecule has 1 unspecified atom stereocenters. The molecule has 2 fully saturated rings. The Labute approximate surface area is 161 Å². The number of alkyl halides is 2. The zero-order valence-corrected chi connectivity index (χ0v) is 15.7. The molecular formula is C20H22F2N2O2S. The van der Waals surface area contributed by atoms with Gasteiger partial charge in [0, 0.05) is 18.2 Å². The number of hydrogen-bond acceptors (Lipinski definition) is 4. The van der Waals surface area contributed by atoms with Gasteiger partial charge < -0.3 is 15.0 Å². The standard InChI is InChI=1S/C20H22F2N2O2S/c21-19(22)26-16-3-1-15(2-4-16)18(25)24(12-14-5-10-27-13-14)17-11-20(17)6-8-23-9-7-20/h1-5,10,13,17,19,23H,6-9,11-12H2. The Morgan fingerprint density at radius 2 is 2.00 bits per heavy atom. The summed E-state index contributed by atoms with van der Waals surface area (Å²) in [5, 5.41) is 7.47. The summed E-state index contributed by atoms with van der Waals surface area (Å²) in [6, 6.07) is 8.27. The second-order valence-electron chi connectivity index (χ2n) is 7.30. The summed E-state index contributed by atoms with van der Waals surface area (Å²) in [6.45, 7) is -0.294. The number of rotatable bonds is 6. The van der Waals surface area contributed by atoms with Crippen molar-refractivity contribution in [3.8, 4) is 5.75 Å². The summed E-state index contributed by atoms with van der Waals surface area (Å²) in [4.78, 5) is 15.2. The number of carbonyl (C=O) groups excluding carboxylic acids is 1. The molecule has 7 heteroatoms. The van der Waals surface area contributed by atoms with E-state index in [9.17, 15) is 13.6 Å². The van der Waals surface area contributed by atoms with Crippen LogP contribution in [0.1, 0.15) is 35.2 Å². The highest BCUT2D eigenvalue weighted by Crippen LogP contribution is 2.56. The average molecular weight is 392 g/mol. The lowest BCUT2D eigenvalue weighted by Gasteiger charge is -2.29. The Morgan fingerprint density at radius 3 is 2.63 bits per heavy atom. The van der Waals surface area contributed by atoms with Crippen molar-refractivity contribution < 1.29 is 18.3 Å². The maximum Gasteiger partial charge on any atom is 0.387 e. The van der Waals surface area contributed by atoms with E-state index in [1.807, 2.05) is 16.3 Å². The Kier molecular flexibility index (Phi) is 5.14. The smallest absolute Gasteiger partial charge is 0.387 e. The van der Waals surface area contributed by atoms with Crippen molar-refractivity contribution in [2.75, 3.05) is 13.1 Å². The van der Waals surface area contributed by atoms with Crippen molar-refractivity contribution in [2.45, 2.75) is 38.5 Å². The van der Waals surface area contributed by atoms with Crippen LogP contribution in [0.4, 0.5) is 8.78 Å². The van der Waals surface area contributed by atoms with Gasteiger partial charge in [-0.2, -0.15) is 20.1 Å². The maximum atomic E-state index is 13.2. The quantitative estimate of drug-likeness (QED) is 0.804. The first-order valence-corrected chi connectivity index (χ1v) is 10.1. The fourth-order valence-electron chi connectivity index (χ4n) is 4.08. The number of piperidine rings is 1. The highest BCUT2D eigenvalue weighted by Gasteiger charge is 2.57. The first kappa shape index (κ1) is 18.4. The number of nitrogens with zero attached hydrogens (tertiary/aromatic N) is 1. The van der Waals surface area contributed by atoms with Crippen LogP contribution in [-0.2, 0) is 6.54 Å². The number of amides is 1. The molecule has 4 rings (SSSR count). The zero-order valence-electron chi connectivity index (χ0n) is 14.9. The molecule has 1 aliphatic heterocycles. The van der Waals surface area contributed by atoms with Gasteiger partial charge in [-0.15, -0.1) is 0 Å². The molecule has 0 radical (unpaired) electrons. The summed E-state index contributed by atoms with van der Waals surface area (Å²) < 4.78 is 29.0. The van der Waals surface area contributed by atoms with Gasteiger partial charge in [0.2, 0.25) is 0 Å². The topological polar surface area (TPSA) is 41.6 Å². The van der Waals surface area contributed by atoms with Crippen LogP contribution < -0.4 is 10.1 Å². The van der Waals surface area contributed by atoms with Crippen LogP contribution >= 0.6 is 11.3 Å². The molecule has 1 saturated carbocycles. The van der Waals surface area contributed by atoms with Crippen LogP contribution in [0.5, 0.6) is 5.75 Å². The number of nitrogens with one attached hydrogen (secondary N) is 1. The fourth-order valence-corrected chi connectivity index (χ4v) is 4.74. The van der Waals surface area contributed by atoms with Gasteiger partial charge in [0.25, 0.3) is 5.91 Å². The van der Waals surface area contributed by atoms with Crippen LogP contribution in [0, 0.1) is 5.41 Å². The van der Waals surface area contributed by atoms with Gasteiger partial charge in [-0.1, -0.05) is 0 Å². The Hall–Kier alpha value is -1.99. The average Bonchev–Trinajstić information content (AvgIpc) is 3.09. The molecule has 2 aliphatic rings. The molecule has 2 aromatic rings. The molecule has 1 spiro atoms. The molecular weight excluding hydrogens is 370 g/mol. The lowest BCUT2D eigenvalue weighted by Crippen LogP contribution is -2.39. The number of halogens is 2. The summed E-state index contributed by atoms with van der Waals surface area (Å²) in [6.07, 6.45) is 3.22. The van der Waals surface area contributed by atoms with Crippen molar-refractivity contribution in [1.82, 2.24) is 10.2 Å². The molecule has 1 aromatic heterocycles. The molecule has 1 amide bonds. The van der Waals surface area contributed by atoms with Crippen molar-refractivity contribution in [2.24, 2.45) is 5.41 Å². The van der Waals surface area contributed by atoms with E-state index < -0.39 is 6.61 Å². The highest BCUT2D eigenvalue weighted by molar-refractivity contribution is 7.07. The van der Waals surface area contributed by atoms with E-state index in [1.165, 1.54) is 12.1 Å². The van der Waals surface area contributed by atoms with Gasteiger partial charge in [0.05, 0.1) is 0 Å². The molecule has 1 saturated heterocycles. The second kappa shape index (κ2) is 7.56. The van der Waals surface area contributed by atoms with Crippen LogP contribution in [0.25, 0.3) is 0 Å². The van der Waals surface area contributed by atoms with Gasteiger partial charge >= 0.3 is 6.61 Å². The molecule has 0 bridgehead atoms. The lowest BCUT2D eigenvalue weighted by atomic mass is 9.93. The number of ether oxygens (including phenoxy) is 1. The van der Waals surface area contributed by atoms with E-state index in [0.717, 1.165) is 37.9 Å². The van der Waals surface area contributed by atoms with E-state index in [0.29, 0.717) is 12.1 Å². The largest absolute Gasteiger partial charge is 0.435 e. The van der Waals surface area contributed by atoms with Crippen LogP contribution in [0.3, 0.4) is 0 Å². The summed E-state index contributed by atoms with van der Waals surface area (Å²) in [5.41, 5.74) is 1.86. The van der Waals surface area contributed by atoms with Gasteiger partial charge in [-0.3, -0.25) is 4.79 Å². The fraction of sp³-hybridized carbons (Fsp3) is 0.450. The first-order chi connectivity index (χ1) is 13.1. The highest BCUT2D eigenvalue weighted by atomic mass is 32.1. The minimum Gasteiger partial charge on any atom is -0.435 e. The Bertz CT molecular complexity index is 774. The predicted octanol–water partition coefficient (Wildman–Crippen LogP) is 4.13. The van der Waals surface area contributed by atoms with Gasteiger partial charge in [-0.05, 0) is 84.4 Å². The molecule has 1 aliphatic carbocycles. The van der Waals surface area contributed by atoms with Crippen molar-refractivity contribution in [3.63, 3.8) is 0 Å². The first-order valence-electron chi connectivity index (χ1n) is 9.15. The minimum absolute atomic E-state index is 0.0507. The molecule has 1 N–H and O–H groups in total. The SMILES string of the molecule is O=C(c1ccc(OC(F)F)cc1)N(Cc1ccsc1)C1CC12CCNCC2. The summed E-state index contributed by atoms with van der Waals surface area (Å²) in [7, 11) is 0. The summed E-state index contributed by atoms with van der Waals surface area (Å²) >= 11 is 1.62. The molecule has 4 nitrogen and oxygen atoms in total. The number of carbonyl (C=O) groups is 1. The van der Waals surface area contributed by atoms with E-state index in [-0.39, 0.29) is 23.1 Å². The van der Waals surface area contributed by atoms with E-state index in [2.05, 4.69) is 15.4 Å². The van der Waals surface area contributed by atoms with E-state index in [1.54, 1.807) is 23.5 Å². The van der Waals surface area contributed by atoms with Crippen LogP contribution in [0.15, 0.2) is 41.1 Å². The van der Waals surface area contributed by atoms with Crippen molar-refractivity contribution in [1.29, 1.82) is 0 Å². The second-order valence-corrected chi connectivity index (χ2v) is 8.08. The monoisotopic (exact) mass is 392 g/mol. The molecule has 2 heterocycles. The van der Waals surface area contributed by atoms with Crippen LogP contribution in [-0.4, -0.2) is 36.5 Å².